The molecule has 0 bridgehead atoms. The zero-order chi connectivity index (χ0) is 5.11. The van der Waals surface area contributed by atoms with E-state index in [2.05, 4.69) is 10.5 Å². The van der Waals surface area contributed by atoms with Crippen LogP contribution in [0.1, 0.15) is 0 Å². The molecule has 0 spiro atoms. The van der Waals surface area contributed by atoms with Crippen molar-refractivity contribution in [3.05, 3.63) is 0 Å². The summed E-state index contributed by atoms with van der Waals surface area (Å²) >= 11 is 1.22. The van der Waals surface area contributed by atoms with Gasteiger partial charge in [-0.15, -0.1) is 12.4 Å². The predicted molar refractivity (Wildman–Crippen MR) is 36.7 cm³/mol. The molecule has 0 atom stereocenters. The van der Waals surface area contributed by atoms with Crippen molar-refractivity contribution in [3.8, 4) is 0 Å². The van der Waals surface area contributed by atoms with Crippen molar-refractivity contribution >= 4 is 35.6 Å². The summed E-state index contributed by atoms with van der Waals surface area (Å²) in [6, 6.07) is 0. The SMILES string of the molecule is Cl.O=C1NN=CCS1. The predicted octanol–water partition coefficient (Wildman–Crippen LogP) is 0.850. The summed E-state index contributed by atoms with van der Waals surface area (Å²) in [6.45, 7) is 0. The Hall–Kier alpha value is -0.220. The first kappa shape index (κ1) is 7.78. The average molecular weight is 153 g/mol. The molecule has 1 amide bonds. The maximum Gasteiger partial charge on any atom is 0.299 e. The van der Waals surface area contributed by atoms with E-state index >= 15 is 0 Å². The molecule has 5 heteroatoms. The van der Waals surface area contributed by atoms with Gasteiger partial charge in [0.15, 0.2) is 0 Å². The van der Waals surface area contributed by atoms with Gasteiger partial charge >= 0.3 is 0 Å². The van der Waals surface area contributed by atoms with Crippen LogP contribution in [0.4, 0.5) is 4.79 Å². The van der Waals surface area contributed by atoms with Crippen molar-refractivity contribution in [2.24, 2.45) is 5.10 Å². The first-order chi connectivity index (χ1) is 3.39. The van der Waals surface area contributed by atoms with Gasteiger partial charge in [-0.25, -0.2) is 5.43 Å². The van der Waals surface area contributed by atoms with Crippen LogP contribution in [0.25, 0.3) is 0 Å². The summed E-state index contributed by atoms with van der Waals surface area (Å²) in [5.74, 6) is 0.700. The minimum atomic E-state index is -0.0671. The van der Waals surface area contributed by atoms with Gasteiger partial charge in [0.25, 0.3) is 5.24 Å². The smallest absolute Gasteiger partial charge is 0.260 e. The van der Waals surface area contributed by atoms with E-state index in [9.17, 15) is 4.79 Å². The topological polar surface area (TPSA) is 41.5 Å². The summed E-state index contributed by atoms with van der Waals surface area (Å²) in [5.41, 5.74) is 2.28. The van der Waals surface area contributed by atoms with E-state index in [0.717, 1.165) is 0 Å². The fourth-order valence-electron chi connectivity index (χ4n) is 0.281. The van der Waals surface area contributed by atoms with Crippen molar-refractivity contribution < 1.29 is 4.79 Å². The van der Waals surface area contributed by atoms with Crippen LogP contribution in [0.5, 0.6) is 0 Å². The molecule has 0 radical (unpaired) electrons. The molecule has 0 aromatic carbocycles. The molecule has 46 valence electrons. The quantitative estimate of drug-likeness (QED) is 0.559. The van der Waals surface area contributed by atoms with Crippen LogP contribution in [0.2, 0.25) is 0 Å². The molecule has 1 rings (SSSR count). The molecule has 1 heterocycles. The highest BCUT2D eigenvalue weighted by molar-refractivity contribution is 8.14. The summed E-state index contributed by atoms with van der Waals surface area (Å²) in [7, 11) is 0. The molecule has 3 nitrogen and oxygen atoms in total. The first-order valence-corrected chi connectivity index (χ1v) is 2.82. The summed E-state index contributed by atoms with van der Waals surface area (Å²) in [6.07, 6.45) is 1.66. The molecule has 0 saturated carbocycles. The van der Waals surface area contributed by atoms with Crippen LogP contribution in [0.15, 0.2) is 5.10 Å². The van der Waals surface area contributed by atoms with E-state index < -0.39 is 0 Å². The van der Waals surface area contributed by atoms with E-state index in [1.807, 2.05) is 0 Å². The molecule has 0 unspecified atom stereocenters. The number of hydrazone groups is 1. The standard InChI is InChI=1S/C3H4N2OS.ClH/c6-3-5-4-1-2-7-3;/h1H,2H2,(H,5,6);1H. The number of rotatable bonds is 0. The molecule has 1 N–H and O–H groups in total. The highest BCUT2D eigenvalue weighted by Gasteiger charge is 2.00. The van der Waals surface area contributed by atoms with E-state index in [-0.39, 0.29) is 17.6 Å². The van der Waals surface area contributed by atoms with Gasteiger partial charge in [-0.1, -0.05) is 11.8 Å². The third kappa shape index (κ3) is 2.18. The van der Waals surface area contributed by atoms with Gasteiger partial charge in [0.1, 0.15) is 0 Å². The second kappa shape index (κ2) is 3.74. The number of nitrogens with zero attached hydrogens (tertiary/aromatic N) is 1. The van der Waals surface area contributed by atoms with Gasteiger partial charge < -0.3 is 0 Å². The molecular weight excluding hydrogens is 148 g/mol. The number of thioether (sulfide) groups is 1. The summed E-state index contributed by atoms with van der Waals surface area (Å²) in [5, 5.41) is 3.45. The Balaban J connectivity index is 0.000000490. The van der Waals surface area contributed by atoms with Gasteiger partial charge in [0, 0.05) is 12.0 Å². The van der Waals surface area contributed by atoms with Crippen LogP contribution in [-0.2, 0) is 0 Å². The lowest BCUT2D eigenvalue weighted by Gasteiger charge is -1.99. The maximum atomic E-state index is 10.2. The van der Waals surface area contributed by atoms with Gasteiger partial charge in [-0.05, 0) is 0 Å². The molecule has 0 aliphatic carbocycles. The number of carbonyl (C=O) groups is 1. The van der Waals surface area contributed by atoms with Crippen molar-refractivity contribution in [3.63, 3.8) is 0 Å². The molecule has 0 aromatic heterocycles. The van der Waals surface area contributed by atoms with Crippen LogP contribution in [0, 0.1) is 0 Å². The number of hydrogen-bond donors (Lipinski definition) is 1. The van der Waals surface area contributed by atoms with Crippen molar-refractivity contribution in [2.45, 2.75) is 0 Å². The van der Waals surface area contributed by atoms with Crippen LogP contribution in [0.3, 0.4) is 0 Å². The molecule has 0 fully saturated rings. The fourth-order valence-corrected chi connectivity index (χ4v) is 0.699. The second-order valence-electron chi connectivity index (χ2n) is 1.02. The highest BCUT2D eigenvalue weighted by Crippen LogP contribution is 2.00. The Labute approximate surface area is 57.3 Å². The maximum absolute atomic E-state index is 10.2. The monoisotopic (exact) mass is 152 g/mol. The Morgan fingerprint density at radius 3 is 2.88 bits per heavy atom. The van der Waals surface area contributed by atoms with Crippen molar-refractivity contribution in [1.29, 1.82) is 0 Å². The lowest BCUT2D eigenvalue weighted by molar-refractivity contribution is 0.261. The minimum Gasteiger partial charge on any atom is -0.260 e. The molecule has 1 aliphatic heterocycles. The molecular formula is C3H5ClN2OS. The second-order valence-corrected chi connectivity index (χ2v) is 2.01. The lowest BCUT2D eigenvalue weighted by atomic mass is 10.9. The van der Waals surface area contributed by atoms with Gasteiger partial charge in [-0.3, -0.25) is 4.79 Å². The summed E-state index contributed by atoms with van der Waals surface area (Å²) < 4.78 is 0. The number of carbonyl (C=O) groups excluding carboxylic acids is 1. The normalized spacial score (nSPS) is 16.8. The number of amides is 1. The third-order valence-corrected chi connectivity index (χ3v) is 1.21. The Bertz CT molecular complexity index is 116. The zero-order valence-corrected chi connectivity index (χ0v) is 5.59. The number of nitrogens with one attached hydrogen (secondary N) is 1. The van der Waals surface area contributed by atoms with Gasteiger partial charge in [0.2, 0.25) is 0 Å². The van der Waals surface area contributed by atoms with E-state index in [4.69, 9.17) is 0 Å². The average Bonchev–Trinajstić information content (AvgIpc) is 1.69. The van der Waals surface area contributed by atoms with Crippen LogP contribution < -0.4 is 5.43 Å². The fraction of sp³-hybridized carbons (Fsp3) is 0.333. The molecule has 1 aliphatic rings. The Kier molecular flexibility index (Phi) is 3.64. The first-order valence-electron chi connectivity index (χ1n) is 1.84. The molecule has 0 saturated heterocycles. The number of hydrogen-bond acceptors (Lipinski definition) is 3. The molecule has 0 aromatic rings. The van der Waals surface area contributed by atoms with E-state index in [1.165, 1.54) is 11.8 Å². The van der Waals surface area contributed by atoms with Crippen LogP contribution in [-0.4, -0.2) is 17.2 Å². The minimum absolute atomic E-state index is 0. The Morgan fingerprint density at radius 1 is 1.88 bits per heavy atom. The van der Waals surface area contributed by atoms with Crippen molar-refractivity contribution in [2.75, 3.05) is 5.75 Å². The highest BCUT2D eigenvalue weighted by atomic mass is 35.5. The third-order valence-electron chi connectivity index (χ3n) is 0.536. The lowest BCUT2D eigenvalue weighted by Crippen LogP contribution is -2.16. The Morgan fingerprint density at radius 2 is 2.62 bits per heavy atom. The van der Waals surface area contributed by atoms with Crippen molar-refractivity contribution in [1.82, 2.24) is 5.43 Å². The van der Waals surface area contributed by atoms with Gasteiger partial charge in [0.05, 0.1) is 0 Å². The largest absolute Gasteiger partial charge is 0.299 e. The molecule has 8 heavy (non-hydrogen) atoms. The number of halogens is 1. The van der Waals surface area contributed by atoms with E-state index in [0.29, 0.717) is 5.75 Å². The summed E-state index contributed by atoms with van der Waals surface area (Å²) in [4.78, 5) is 10.2. The van der Waals surface area contributed by atoms with Crippen LogP contribution >= 0.6 is 24.2 Å². The zero-order valence-electron chi connectivity index (χ0n) is 3.96. The van der Waals surface area contributed by atoms with E-state index in [1.54, 1.807) is 6.21 Å². The van der Waals surface area contributed by atoms with Gasteiger partial charge in [-0.2, -0.15) is 5.10 Å².